The number of rotatable bonds is 6. The summed E-state index contributed by atoms with van der Waals surface area (Å²) in [6.07, 6.45) is 0. The van der Waals surface area contributed by atoms with Crippen molar-refractivity contribution in [3.63, 3.8) is 0 Å². The van der Waals surface area contributed by atoms with E-state index in [2.05, 4.69) is 41.7 Å². The van der Waals surface area contributed by atoms with Gasteiger partial charge in [0, 0.05) is 12.2 Å². The van der Waals surface area contributed by atoms with Crippen LogP contribution >= 0.6 is 0 Å². The van der Waals surface area contributed by atoms with Gasteiger partial charge in [-0.1, -0.05) is 54.6 Å². The first-order chi connectivity index (χ1) is 12.7. The standard InChI is InChI=1S/C23H23NO2/c1-3-26-23(25)21-13-8-14-22(17(21)2)24-16-18-9-7-12-20(15-18)19-10-5-4-6-11-19/h4-15,24H,3,16H2,1-2H3. The molecule has 0 saturated carbocycles. The molecule has 0 unspecified atom stereocenters. The van der Waals surface area contributed by atoms with E-state index in [-0.39, 0.29) is 5.97 Å². The van der Waals surface area contributed by atoms with Crippen LogP contribution in [0, 0.1) is 6.92 Å². The van der Waals surface area contributed by atoms with Crippen LogP contribution in [0.1, 0.15) is 28.4 Å². The van der Waals surface area contributed by atoms with Crippen LogP contribution in [0.15, 0.2) is 72.8 Å². The van der Waals surface area contributed by atoms with E-state index in [0.717, 1.165) is 11.3 Å². The maximum absolute atomic E-state index is 12.0. The normalized spacial score (nSPS) is 10.4. The van der Waals surface area contributed by atoms with Crippen LogP contribution in [-0.2, 0) is 11.3 Å². The summed E-state index contributed by atoms with van der Waals surface area (Å²) < 4.78 is 5.12. The minimum Gasteiger partial charge on any atom is -0.462 e. The second kappa shape index (κ2) is 8.34. The maximum Gasteiger partial charge on any atom is 0.338 e. The summed E-state index contributed by atoms with van der Waals surface area (Å²) in [6.45, 7) is 4.82. The largest absolute Gasteiger partial charge is 0.462 e. The highest BCUT2D eigenvalue weighted by Gasteiger charge is 2.12. The van der Waals surface area contributed by atoms with Crippen LogP contribution in [0.3, 0.4) is 0 Å². The first-order valence-corrected chi connectivity index (χ1v) is 8.84. The van der Waals surface area contributed by atoms with Crippen LogP contribution in [0.4, 0.5) is 5.69 Å². The van der Waals surface area contributed by atoms with Crippen molar-refractivity contribution in [3.05, 3.63) is 89.5 Å². The van der Waals surface area contributed by atoms with Gasteiger partial charge in [0.2, 0.25) is 0 Å². The minimum atomic E-state index is -0.278. The van der Waals surface area contributed by atoms with Crippen LogP contribution in [0.5, 0.6) is 0 Å². The molecule has 0 atom stereocenters. The molecule has 0 bridgehead atoms. The molecule has 0 fully saturated rings. The average molecular weight is 345 g/mol. The van der Waals surface area contributed by atoms with Gasteiger partial charge in [0.25, 0.3) is 0 Å². The Kier molecular flexibility index (Phi) is 5.69. The molecule has 3 aromatic rings. The van der Waals surface area contributed by atoms with Crippen molar-refractivity contribution in [2.75, 3.05) is 11.9 Å². The lowest BCUT2D eigenvalue weighted by atomic mass is 10.0. The molecule has 0 aliphatic carbocycles. The highest BCUT2D eigenvalue weighted by atomic mass is 16.5. The third kappa shape index (κ3) is 4.12. The number of carbonyl (C=O) groups excluding carboxylic acids is 1. The molecule has 0 spiro atoms. The molecule has 3 aromatic carbocycles. The molecule has 3 nitrogen and oxygen atoms in total. The summed E-state index contributed by atoms with van der Waals surface area (Å²) >= 11 is 0. The van der Waals surface area contributed by atoms with Crippen molar-refractivity contribution >= 4 is 11.7 Å². The lowest BCUT2D eigenvalue weighted by Gasteiger charge is -2.13. The lowest BCUT2D eigenvalue weighted by molar-refractivity contribution is 0.0525. The highest BCUT2D eigenvalue weighted by molar-refractivity contribution is 5.92. The van der Waals surface area contributed by atoms with Crippen LogP contribution in [0.25, 0.3) is 11.1 Å². The number of hydrogen-bond donors (Lipinski definition) is 1. The number of nitrogens with one attached hydrogen (secondary N) is 1. The number of benzene rings is 3. The van der Waals surface area contributed by atoms with Crippen molar-refractivity contribution in [2.45, 2.75) is 20.4 Å². The third-order valence-corrected chi connectivity index (χ3v) is 4.35. The first-order valence-electron chi connectivity index (χ1n) is 8.84. The summed E-state index contributed by atoms with van der Waals surface area (Å²) in [5.41, 5.74) is 6.05. The summed E-state index contributed by atoms with van der Waals surface area (Å²) in [5.74, 6) is -0.278. The van der Waals surface area contributed by atoms with Crippen molar-refractivity contribution in [2.24, 2.45) is 0 Å². The van der Waals surface area contributed by atoms with E-state index in [1.54, 1.807) is 6.07 Å². The third-order valence-electron chi connectivity index (χ3n) is 4.35. The molecule has 3 rings (SSSR count). The molecule has 0 amide bonds. The Bertz CT molecular complexity index is 888. The Hall–Kier alpha value is -3.07. The second-order valence-electron chi connectivity index (χ2n) is 6.12. The molecular formula is C23H23NO2. The fourth-order valence-corrected chi connectivity index (χ4v) is 2.95. The van der Waals surface area contributed by atoms with E-state index < -0.39 is 0 Å². The smallest absolute Gasteiger partial charge is 0.338 e. The highest BCUT2D eigenvalue weighted by Crippen LogP contribution is 2.23. The Morgan fingerprint density at radius 2 is 1.65 bits per heavy atom. The van der Waals surface area contributed by atoms with Gasteiger partial charge in [-0.25, -0.2) is 4.79 Å². The number of hydrogen-bond acceptors (Lipinski definition) is 3. The van der Waals surface area contributed by atoms with Gasteiger partial charge in [-0.2, -0.15) is 0 Å². The van der Waals surface area contributed by atoms with E-state index in [4.69, 9.17) is 4.74 Å². The second-order valence-corrected chi connectivity index (χ2v) is 6.12. The molecular weight excluding hydrogens is 322 g/mol. The number of ether oxygens (including phenoxy) is 1. The maximum atomic E-state index is 12.0. The molecule has 3 heteroatoms. The zero-order chi connectivity index (χ0) is 18.4. The molecule has 0 radical (unpaired) electrons. The predicted octanol–water partition coefficient (Wildman–Crippen LogP) is 5.45. The quantitative estimate of drug-likeness (QED) is 0.604. The van der Waals surface area contributed by atoms with Gasteiger partial charge in [0.15, 0.2) is 0 Å². The lowest BCUT2D eigenvalue weighted by Crippen LogP contribution is -2.09. The van der Waals surface area contributed by atoms with E-state index in [0.29, 0.717) is 18.7 Å². The topological polar surface area (TPSA) is 38.3 Å². The van der Waals surface area contributed by atoms with Crippen molar-refractivity contribution in [1.82, 2.24) is 0 Å². The van der Waals surface area contributed by atoms with Gasteiger partial charge < -0.3 is 10.1 Å². The number of anilines is 1. The van der Waals surface area contributed by atoms with Crippen LogP contribution in [0.2, 0.25) is 0 Å². The van der Waals surface area contributed by atoms with Gasteiger partial charge in [0.1, 0.15) is 0 Å². The summed E-state index contributed by atoms with van der Waals surface area (Å²) in [7, 11) is 0. The average Bonchev–Trinajstić information content (AvgIpc) is 2.68. The zero-order valence-corrected chi connectivity index (χ0v) is 15.2. The Labute approximate surface area is 154 Å². The van der Waals surface area contributed by atoms with E-state index in [1.807, 2.05) is 44.2 Å². The Morgan fingerprint density at radius 1 is 0.923 bits per heavy atom. The Balaban J connectivity index is 1.76. The fourth-order valence-electron chi connectivity index (χ4n) is 2.95. The molecule has 0 aliphatic rings. The molecule has 1 N–H and O–H groups in total. The summed E-state index contributed by atoms with van der Waals surface area (Å²) in [6, 6.07) is 24.5. The number of carbonyl (C=O) groups is 1. The molecule has 0 saturated heterocycles. The Morgan fingerprint density at radius 3 is 2.42 bits per heavy atom. The van der Waals surface area contributed by atoms with E-state index >= 15 is 0 Å². The van der Waals surface area contributed by atoms with E-state index in [1.165, 1.54) is 16.7 Å². The van der Waals surface area contributed by atoms with Crippen molar-refractivity contribution in [3.8, 4) is 11.1 Å². The minimum absolute atomic E-state index is 0.278. The SMILES string of the molecule is CCOC(=O)c1cccc(NCc2cccc(-c3ccccc3)c2)c1C. The number of esters is 1. The van der Waals surface area contributed by atoms with Crippen molar-refractivity contribution in [1.29, 1.82) is 0 Å². The summed E-state index contributed by atoms with van der Waals surface area (Å²) in [5, 5.41) is 3.44. The van der Waals surface area contributed by atoms with Crippen molar-refractivity contribution < 1.29 is 9.53 Å². The zero-order valence-electron chi connectivity index (χ0n) is 15.2. The molecule has 0 aromatic heterocycles. The van der Waals surface area contributed by atoms with E-state index in [9.17, 15) is 4.79 Å². The van der Waals surface area contributed by atoms with Gasteiger partial charge in [0.05, 0.1) is 12.2 Å². The van der Waals surface area contributed by atoms with Crippen LogP contribution in [-0.4, -0.2) is 12.6 Å². The summed E-state index contributed by atoms with van der Waals surface area (Å²) in [4.78, 5) is 12.0. The molecule has 0 heterocycles. The van der Waals surface area contributed by atoms with Gasteiger partial charge >= 0.3 is 5.97 Å². The monoisotopic (exact) mass is 345 g/mol. The molecule has 0 aliphatic heterocycles. The van der Waals surface area contributed by atoms with Gasteiger partial charge in [-0.15, -0.1) is 0 Å². The van der Waals surface area contributed by atoms with Gasteiger partial charge in [-0.3, -0.25) is 0 Å². The molecule has 26 heavy (non-hydrogen) atoms. The fraction of sp³-hybridized carbons (Fsp3) is 0.174. The van der Waals surface area contributed by atoms with Crippen LogP contribution < -0.4 is 5.32 Å². The van der Waals surface area contributed by atoms with Gasteiger partial charge in [-0.05, 0) is 54.3 Å². The predicted molar refractivity (Wildman–Crippen MR) is 106 cm³/mol. The first kappa shape index (κ1) is 17.7. The molecule has 132 valence electrons.